The van der Waals surface area contributed by atoms with Crippen LogP contribution in [0.4, 0.5) is 0 Å². The summed E-state index contributed by atoms with van der Waals surface area (Å²) in [4.78, 5) is 14.5. The monoisotopic (exact) mass is 391 g/mol. The van der Waals surface area contributed by atoms with E-state index in [2.05, 4.69) is 9.88 Å². The first kappa shape index (κ1) is 19.6. The van der Waals surface area contributed by atoms with Gasteiger partial charge in [0.25, 0.3) is 5.91 Å². The van der Waals surface area contributed by atoms with Gasteiger partial charge in [0.2, 0.25) is 10.0 Å². The fourth-order valence-electron chi connectivity index (χ4n) is 3.45. The van der Waals surface area contributed by atoms with Gasteiger partial charge in [-0.15, -0.1) is 0 Å². The highest BCUT2D eigenvalue weighted by molar-refractivity contribution is 7.88. The minimum absolute atomic E-state index is 0.0394. The zero-order valence-corrected chi connectivity index (χ0v) is 16.5. The molecule has 0 bridgehead atoms. The topological polar surface area (TPSA) is 92.5 Å². The molecule has 8 heteroatoms. The maximum atomic E-state index is 12.8. The Labute approximate surface area is 159 Å². The van der Waals surface area contributed by atoms with Gasteiger partial charge in [0.1, 0.15) is 11.3 Å². The molecular weight excluding hydrogens is 366 g/mol. The van der Waals surface area contributed by atoms with E-state index >= 15 is 0 Å². The Morgan fingerprint density at radius 1 is 1.30 bits per heavy atom. The lowest BCUT2D eigenvalue weighted by molar-refractivity contribution is 0.0674. The SMILES string of the molecule is Cc1noc(C)c1C(=O)N1CCCC(CNS(=O)(=O)Cc2ccccc2)C1. The molecule has 27 heavy (non-hydrogen) atoms. The highest BCUT2D eigenvalue weighted by Crippen LogP contribution is 2.21. The molecule has 1 fully saturated rings. The number of aromatic nitrogens is 1. The smallest absolute Gasteiger partial charge is 0.259 e. The molecule has 2 heterocycles. The Bertz CT molecular complexity index is 873. The highest BCUT2D eigenvalue weighted by atomic mass is 32.2. The van der Waals surface area contributed by atoms with Crippen molar-refractivity contribution in [3.8, 4) is 0 Å². The molecule has 1 amide bonds. The predicted molar refractivity (Wildman–Crippen MR) is 102 cm³/mol. The molecule has 1 atom stereocenters. The maximum absolute atomic E-state index is 12.8. The van der Waals surface area contributed by atoms with Crippen molar-refractivity contribution in [3.63, 3.8) is 0 Å². The Hall–Kier alpha value is -2.19. The highest BCUT2D eigenvalue weighted by Gasteiger charge is 2.28. The largest absolute Gasteiger partial charge is 0.361 e. The van der Waals surface area contributed by atoms with Crippen LogP contribution in [0.25, 0.3) is 0 Å². The van der Waals surface area contributed by atoms with Crippen LogP contribution in [0, 0.1) is 19.8 Å². The summed E-state index contributed by atoms with van der Waals surface area (Å²) < 4.78 is 32.4. The summed E-state index contributed by atoms with van der Waals surface area (Å²) in [7, 11) is -3.41. The van der Waals surface area contributed by atoms with Crippen molar-refractivity contribution >= 4 is 15.9 Å². The lowest BCUT2D eigenvalue weighted by atomic mass is 9.97. The zero-order valence-electron chi connectivity index (χ0n) is 15.6. The zero-order chi connectivity index (χ0) is 19.4. The molecule has 0 radical (unpaired) electrons. The first-order valence-electron chi connectivity index (χ1n) is 9.09. The quantitative estimate of drug-likeness (QED) is 0.815. The summed E-state index contributed by atoms with van der Waals surface area (Å²) in [6, 6.07) is 9.10. The third-order valence-electron chi connectivity index (χ3n) is 4.84. The number of benzene rings is 1. The van der Waals surface area contributed by atoms with E-state index in [1.165, 1.54) is 0 Å². The Morgan fingerprint density at radius 2 is 2.04 bits per heavy atom. The van der Waals surface area contributed by atoms with Crippen LogP contribution in [0.2, 0.25) is 0 Å². The Balaban J connectivity index is 1.58. The third-order valence-corrected chi connectivity index (χ3v) is 6.16. The van der Waals surface area contributed by atoms with E-state index in [0.717, 1.165) is 18.4 Å². The van der Waals surface area contributed by atoms with Crippen LogP contribution in [-0.4, -0.2) is 44.0 Å². The first-order chi connectivity index (χ1) is 12.9. The summed E-state index contributed by atoms with van der Waals surface area (Å²) in [6.07, 6.45) is 1.74. The van der Waals surface area contributed by atoms with Crippen LogP contribution in [-0.2, 0) is 15.8 Å². The van der Waals surface area contributed by atoms with Gasteiger partial charge in [-0.3, -0.25) is 4.79 Å². The Morgan fingerprint density at radius 3 is 2.70 bits per heavy atom. The molecule has 3 rings (SSSR count). The Kier molecular flexibility index (Phi) is 5.96. The molecule has 1 unspecified atom stereocenters. The average molecular weight is 391 g/mol. The second kappa shape index (κ2) is 8.22. The number of nitrogens with one attached hydrogen (secondary N) is 1. The molecule has 1 saturated heterocycles. The average Bonchev–Trinajstić information content (AvgIpc) is 2.99. The summed E-state index contributed by atoms with van der Waals surface area (Å²) in [6.45, 7) is 5.00. The van der Waals surface area contributed by atoms with Crippen LogP contribution in [0.15, 0.2) is 34.9 Å². The fourth-order valence-corrected chi connectivity index (χ4v) is 4.68. The number of nitrogens with zero attached hydrogens (tertiary/aromatic N) is 2. The van der Waals surface area contributed by atoms with E-state index in [0.29, 0.717) is 36.7 Å². The van der Waals surface area contributed by atoms with E-state index in [1.54, 1.807) is 30.9 Å². The molecule has 1 aliphatic heterocycles. The standard InChI is InChI=1S/C19H25N3O4S/c1-14-18(15(2)26-21-14)19(23)22-10-6-9-17(12-22)11-20-27(24,25)13-16-7-4-3-5-8-16/h3-5,7-8,17,20H,6,9-13H2,1-2H3. The lowest BCUT2D eigenvalue weighted by Gasteiger charge is -2.32. The number of carbonyl (C=O) groups excluding carboxylic acids is 1. The molecule has 0 aliphatic carbocycles. The molecule has 0 saturated carbocycles. The number of likely N-dealkylation sites (tertiary alicyclic amines) is 1. The van der Waals surface area contributed by atoms with Crippen LogP contribution >= 0.6 is 0 Å². The number of hydrogen-bond donors (Lipinski definition) is 1. The third kappa shape index (κ3) is 4.95. The van der Waals surface area contributed by atoms with Crippen molar-refractivity contribution in [2.75, 3.05) is 19.6 Å². The van der Waals surface area contributed by atoms with Crippen LogP contribution in [0.1, 0.15) is 40.2 Å². The van der Waals surface area contributed by atoms with E-state index in [1.807, 2.05) is 18.2 Å². The molecule has 146 valence electrons. The van der Waals surface area contributed by atoms with Gasteiger partial charge in [0, 0.05) is 19.6 Å². The van der Waals surface area contributed by atoms with Gasteiger partial charge < -0.3 is 9.42 Å². The van der Waals surface area contributed by atoms with Gasteiger partial charge in [-0.1, -0.05) is 35.5 Å². The number of carbonyl (C=O) groups is 1. The predicted octanol–water partition coefficient (Wildman–Crippen LogP) is 2.26. The van der Waals surface area contributed by atoms with Crippen LogP contribution in [0.3, 0.4) is 0 Å². The lowest BCUT2D eigenvalue weighted by Crippen LogP contribution is -2.44. The maximum Gasteiger partial charge on any atom is 0.259 e. The molecule has 0 spiro atoms. The number of aryl methyl sites for hydroxylation is 2. The number of piperidine rings is 1. The van der Waals surface area contributed by atoms with Crippen LogP contribution in [0.5, 0.6) is 0 Å². The van der Waals surface area contributed by atoms with Crippen molar-refractivity contribution in [2.45, 2.75) is 32.4 Å². The van der Waals surface area contributed by atoms with E-state index in [-0.39, 0.29) is 17.6 Å². The number of sulfonamides is 1. The number of hydrogen-bond acceptors (Lipinski definition) is 5. The second-order valence-electron chi connectivity index (χ2n) is 7.05. The summed E-state index contributed by atoms with van der Waals surface area (Å²) >= 11 is 0. The van der Waals surface area contributed by atoms with Gasteiger partial charge in [-0.25, -0.2) is 13.1 Å². The van der Waals surface area contributed by atoms with Gasteiger partial charge in [0.15, 0.2) is 0 Å². The van der Waals surface area contributed by atoms with Gasteiger partial charge in [0.05, 0.1) is 11.4 Å². The summed E-state index contributed by atoms with van der Waals surface area (Å²) in [5.41, 5.74) is 1.85. The molecule has 1 N–H and O–H groups in total. The normalized spacial score (nSPS) is 17.9. The molecule has 1 aromatic carbocycles. The molecule has 1 aliphatic rings. The molecule has 2 aromatic rings. The minimum Gasteiger partial charge on any atom is -0.361 e. The van der Waals surface area contributed by atoms with Crippen molar-refractivity contribution in [2.24, 2.45) is 5.92 Å². The van der Waals surface area contributed by atoms with E-state index in [9.17, 15) is 13.2 Å². The first-order valence-corrected chi connectivity index (χ1v) is 10.7. The van der Waals surface area contributed by atoms with Gasteiger partial charge in [-0.05, 0) is 38.2 Å². The van der Waals surface area contributed by atoms with Gasteiger partial charge >= 0.3 is 0 Å². The summed E-state index contributed by atoms with van der Waals surface area (Å²) in [5, 5.41) is 3.85. The van der Waals surface area contributed by atoms with Crippen LogP contribution < -0.4 is 4.72 Å². The number of amides is 1. The second-order valence-corrected chi connectivity index (χ2v) is 8.86. The van der Waals surface area contributed by atoms with Gasteiger partial charge in [-0.2, -0.15) is 0 Å². The van der Waals surface area contributed by atoms with Crippen molar-refractivity contribution in [1.29, 1.82) is 0 Å². The molecule has 1 aromatic heterocycles. The van der Waals surface area contributed by atoms with Crippen molar-refractivity contribution in [3.05, 3.63) is 52.9 Å². The number of rotatable bonds is 6. The van der Waals surface area contributed by atoms with E-state index in [4.69, 9.17) is 4.52 Å². The molecular formula is C19H25N3O4S. The molecule has 7 nitrogen and oxygen atoms in total. The summed E-state index contributed by atoms with van der Waals surface area (Å²) in [5.74, 6) is 0.474. The van der Waals surface area contributed by atoms with Crippen molar-refractivity contribution < 1.29 is 17.7 Å². The fraction of sp³-hybridized carbons (Fsp3) is 0.474. The minimum atomic E-state index is -3.41. The van der Waals surface area contributed by atoms with E-state index < -0.39 is 10.0 Å². The van der Waals surface area contributed by atoms with Crippen molar-refractivity contribution in [1.82, 2.24) is 14.8 Å².